The van der Waals surface area contributed by atoms with Crippen LogP contribution in [0.5, 0.6) is 0 Å². The van der Waals surface area contributed by atoms with Crippen LogP contribution in [-0.4, -0.2) is 16.5 Å². The molecule has 0 atom stereocenters. The SMILES string of the molecule is Cc1ccc(SCC(=O)c2ccc(C)nc2)cc1. The van der Waals surface area contributed by atoms with Gasteiger partial charge in [-0.1, -0.05) is 17.7 Å². The summed E-state index contributed by atoms with van der Waals surface area (Å²) in [4.78, 5) is 17.2. The van der Waals surface area contributed by atoms with E-state index < -0.39 is 0 Å². The molecular formula is C15H15NOS. The summed E-state index contributed by atoms with van der Waals surface area (Å²) in [6, 6.07) is 11.9. The molecule has 0 aliphatic heterocycles. The van der Waals surface area contributed by atoms with E-state index in [1.807, 2.05) is 31.2 Å². The van der Waals surface area contributed by atoms with Crippen molar-refractivity contribution in [1.29, 1.82) is 0 Å². The minimum atomic E-state index is 0.119. The number of carbonyl (C=O) groups excluding carboxylic acids is 1. The van der Waals surface area contributed by atoms with Gasteiger partial charge in [0.25, 0.3) is 0 Å². The Bertz CT molecular complexity index is 531. The van der Waals surface area contributed by atoms with Gasteiger partial charge in [0.15, 0.2) is 5.78 Å². The summed E-state index contributed by atoms with van der Waals surface area (Å²) >= 11 is 1.56. The van der Waals surface area contributed by atoms with E-state index in [2.05, 4.69) is 24.0 Å². The molecular weight excluding hydrogens is 242 g/mol. The normalized spacial score (nSPS) is 10.3. The van der Waals surface area contributed by atoms with E-state index in [0.717, 1.165) is 10.6 Å². The van der Waals surface area contributed by atoms with Crippen molar-refractivity contribution < 1.29 is 4.79 Å². The molecule has 0 spiro atoms. The molecule has 2 aromatic rings. The van der Waals surface area contributed by atoms with Crippen LogP contribution in [-0.2, 0) is 0 Å². The Labute approximate surface area is 111 Å². The topological polar surface area (TPSA) is 30.0 Å². The van der Waals surface area contributed by atoms with Crippen LogP contribution >= 0.6 is 11.8 Å². The summed E-state index contributed by atoms with van der Waals surface area (Å²) in [6.07, 6.45) is 1.65. The lowest BCUT2D eigenvalue weighted by Crippen LogP contribution is -2.03. The Kier molecular flexibility index (Phi) is 4.15. The van der Waals surface area contributed by atoms with Gasteiger partial charge in [0.05, 0.1) is 5.75 Å². The van der Waals surface area contributed by atoms with Gasteiger partial charge in [-0.3, -0.25) is 9.78 Å². The summed E-state index contributed by atoms with van der Waals surface area (Å²) in [7, 11) is 0. The number of hydrogen-bond donors (Lipinski definition) is 0. The largest absolute Gasteiger partial charge is 0.293 e. The number of aryl methyl sites for hydroxylation is 2. The average Bonchev–Trinajstić information content (AvgIpc) is 2.38. The van der Waals surface area contributed by atoms with Crippen molar-refractivity contribution in [1.82, 2.24) is 4.98 Å². The molecule has 0 saturated carbocycles. The zero-order valence-corrected chi connectivity index (χ0v) is 11.3. The van der Waals surface area contributed by atoms with E-state index in [1.165, 1.54) is 5.56 Å². The van der Waals surface area contributed by atoms with Gasteiger partial charge in [-0.2, -0.15) is 0 Å². The van der Waals surface area contributed by atoms with E-state index in [1.54, 1.807) is 18.0 Å². The molecule has 2 nitrogen and oxygen atoms in total. The third-order valence-corrected chi connectivity index (χ3v) is 3.64. The Morgan fingerprint density at radius 2 is 1.83 bits per heavy atom. The Morgan fingerprint density at radius 3 is 2.44 bits per heavy atom. The second-order valence-corrected chi connectivity index (χ2v) is 5.26. The second kappa shape index (κ2) is 5.83. The summed E-state index contributed by atoms with van der Waals surface area (Å²) in [6.45, 7) is 3.97. The van der Waals surface area contributed by atoms with Crippen LogP contribution in [0.15, 0.2) is 47.5 Å². The van der Waals surface area contributed by atoms with Crippen molar-refractivity contribution >= 4 is 17.5 Å². The predicted octanol–water partition coefficient (Wildman–Crippen LogP) is 3.67. The highest BCUT2D eigenvalue weighted by Crippen LogP contribution is 2.19. The molecule has 0 radical (unpaired) electrons. The molecule has 1 aromatic carbocycles. The predicted molar refractivity (Wildman–Crippen MR) is 75.2 cm³/mol. The number of carbonyl (C=O) groups is 1. The average molecular weight is 257 g/mol. The van der Waals surface area contributed by atoms with E-state index in [0.29, 0.717) is 11.3 Å². The summed E-state index contributed by atoms with van der Waals surface area (Å²) in [5, 5.41) is 0. The van der Waals surface area contributed by atoms with Gasteiger partial charge in [0, 0.05) is 22.3 Å². The molecule has 0 aliphatic rings. The van der Waals surface area contributed by atoms with Gasteiger partial charge in [-0.05, 0) is 38.1 Å². The molecule has 2 rings (SSSR count). The molecule has 0 bridgehead atoms. The summed E-state index contributed by atoms with van der Waals surface area (Å²) < 4.78 is 0. The standard InChI is InChI=1S/C15H15NOS/c1-11-3-7-14(8-4-11)18-10-15(17)13-6-5-12(2)16-9-13/h3-9H,10H2,1-2H3. The number of pyridine rings is 1. The lowest BCUT2D eigenvalue weighted by molar-refractivity contribution is 0.102. The zero-order chi connectivity index (χ0) is 13.0. The number of benzene rings is 1. The van der Waals surface area contributed by atoms with Crippen molar-refractivity contribution in [2.24, 2.45) is 0 Å². The van der Waals surface area contributed by atoms with E-state index in [4.69, 9.17) is 0 Å². The van der Waals surface area contributed by atoms with Gasteiger partial charge in [-0.15, -0.1) is 11.8 Å². The van der Waals surface area contributed by atoms with Crippen LogP contribution in [0.2, 0.25) is 0 Å². The van der Waals surface area contributed by atoms with Crippen LogP contribution in [0.3, 0.4) is 0 Å². The molecule has 1 aromatic heterocycles. The van der Waals surface area contributed by atoms with Crippen molar-refractivity contribution in [2.45, 2.75) is 18.7 Å². The smallest absolute Gasteiger partial charge is 0.174 e. The van der Waals surface area contributed by atoms with Gasteiger partial charge < -0.3 is 0 Å². The summed E-state index contributed by atoms with van der Waals surface area (Å²) in [5.41, 5.74) is 2.84. The minimum Gasteiger partial charge on any atom is -0.293 e. The first-order valence-electron chi connectivity index (χ1n) is 5.80. The van der Waals surface area contributed by atoms with Crippen LogP contribution < -0.4 is 0 Å². The Balaban J connectivity index is 1.96. The maximum atomic E-state index is 11.9. The molecule has 0 saturated heterocycles. The Hall–Kier alpha value is -1.61. The highest BCUT2D eigenvalue weighted by atomic mass is 32.2. The number of rotatable bonds is 4. The highest BCUT2D eigenvalue weighted by molar-refractivity contribution is 8.00. The molecule has 0 N–H and O–H groups in total. The van der Waals surface area contributed by atoms with E-state index >= 15 is 0 Å². The Morgan fingerprint density at radius 1 is 1.11 bits per heavy atom. The lowest BCUT2D eigenvalue weighted by atomic mass is 10.2. The molecule has 0 unspecified atom stereocenters. The molecule has 1 heterocycles. The van der Waals surface area contributed by atoms with Gasteiger partial charge in [0.2, 0.25) is 0 Å². The molecule has 92 valence electrons. The summed E-state index contributed by atoms with van der Waals surface area (Å²) in [5.74, 6) is 0.571. The van der Waals surface area contributed by atoms with Crippen molar-refractivity contribution in [3.05, 3.63) is 59.4 Å². The quantitative estimate of drug-likeness (QED) is 0.618. The third kappa shape index (κ3) is 3.44. The third-order valence-electron chi connectivity index (χ3n) is 2.62. The second-order valence-electron chi connectivity index (χ2n) is 4.21. The van der Waals surface area contributed by atoms with Crippen molar-refractivity contribution in [3.63, 3.8) is 0 Å². The minimum absolute atomic E-state index is 0.119. The first-order valence-corrected chi connectivity index (χ1v) is 6.79. The van der Waals surface area contributed by atoms with E-state index in [9.17, 15) is 4.79 Å². The monoisotopic (exact) mass is 257 g/mol. The number of thioether (sulfide) groups is 1. The fourth-order valence-corrected chi connectivity index (χ4v) is 2.29. The highest BCUT2D eigenvalue weighted by Gasteiger charge is 2.06. The maximum Gasteiger partial charge on any atom is 0.174 e. The van der Waals surface area contributed by atoms with Gasteiger partial charge >= 0.3 is 0 Å². The fourth-order valence-electron chi connectivity index (χ4n) is 1.50. The van der Waals surface area contributed by atoms with Crippen LogP contribution in [0, 0.1) is 13.8 Å². The van der Waals surface area contributed by atoms with Crippen LogP contribution in [0.1, 0.15) is 21.6 Å². The van der Waals surface area contributed by atoms with Crippen LogP contribution in [0.4, 0.5) is 0 Å². The molecule has 3 heteroatoms. The number of hydrogen-bond acceptors (Lipinski definition) is 3. The molecule has 0 amide bonds. The number of ketones is 1. The maximum absolute atomic E-state index is 11.9. The molecule has 18 heavy (non-hydrogen) atoms. The van der Waals surface area contributed by atoms with Crippen molar-refractivity contribution in [2.75, 3.05) is 5.75 Å². The number of Topliss-reactive ketones (excluding diaryl/α,β-unsaturated/α-hetero) is 1. The number of nitrogens with zero attached hydrogens (tertiary/aromatic N) is 1. The van der Waals surface area contributed by atoms with E-state index in [-0.39, 0.29) is 5.78 Å². The lowest BCUT2D eigenvalue weighted by Gasteiger charge is -2.02. The van der Waals surface area contributed by atoms with Crippen molar-refractivity contribution in [3.8, 4) is 0 Å². The van der Waals surface area contributed by atoms with Gasteiger partial charge in [0.1, 0.15) is 0 Å². The van der Waals surface area contributed by atoms with Gasteiger partial charge in [-0.25, -0.2) is 0 Å². The van der Waals surface area contributed by atoms with Crippen LogP contribution in [0.25, 0.3) is 0 Å². The zero-order valence-electron chi connectivity index (χ0n) is 10.5. The molecule has 0 aliphatic carbocycles. The number of aromatic nitrogens is 1. The first kappa shape index (κ1) is 12.8. The fraction of sp³-hybridized carbons (Fsp3) is 0.200. The molecule has 0 fully saturated rings. The first-order chi connectivity index (χ1) is 8.65.